The molecule has 0 amide bonds. The summed E-state index contributed by atoms with van der Waals surface area (Å²) in [6.07, 6.45) is 1.01. The third-order valence-electron chi connectivity index (χ3n) is 2.79. The van der Waals surface area contributed by atoms with Gasteiger partial charge in [0.1, 0.15) is 5.75 Å². The van der Waals surface area contributed by atoms with Crippen LogP contribution in [0, 0.1) is 0 Å². The first kappa shape index (κ1) is 16.4. The Bertz CT molecular complexity index is 467. The molecule has 0 aliphatic rings. The summed E-state index contributed by atoms with van der Waals surface area (Å²) in [6.45, 7) is 5.97. The molecule has 0 aliphatic heterocycles. The lowest BCUT2D eigenvalue weighted by atomic mass is 10.3. The monoisotopic (exact) mass is 305 g/mol. The minimum Gasteiger partial charge on any atom is -0.479 e. The van der Waals surface area contributed by atoms with Crippen molar-refractivity contribution in [2.75, 3.05) is 18.5 Å². The summed E-state index contributed by atoms with van der Waals surface area (Å²) in [5, 5.41) is 0.451. The van der Waals surface area contributed by atoms with Crippen molar-refractivity contribution < 1.29 is 13.8 Å². The van der Waals surface area contributed by atoms with E-state index < -0.39 is 13.2 Å². The molecule has 0 bridgehead atoms. The summed E-state index contributed by atoms with van der Waals surface area (Å²) < 4.78 is 23.9. The van der Waals surface area contributed by atoms with Gasteiger partial charge in [-0.05, 0) is 25.5 Å². The van der Waals surface area contributed by atoms with Gasteiger partial charge in [-0.15, -0.1) is 0 Å². The number of hydrogen-bond donors (Lipinski definition) is 1. The fourth-order valence-corrected chi connectivity index (χ4v) is 3.98. The van der Waals surface area contributed by atoms with Crippen LogP contribution in [0.3, 0.4) is 0 Å². The third kappa shape index (κ3) is 4.13. The van der Waals surface area contributed by atoms with Gasteiger partial charge in [0.15, 0.2) is 5.85 Å². The first-order valence-corrected chi connectivity index (χ1v) is 8.67. The molecule has 2 N–H and O–H groups in total. The molecule has 0 spiro atoms. The summed E-state index contributed by atoms with van der Waals surface area (Å²) in [7, 11) is -2.83. The lowest BCUT2D eigenvalue weighted by Crippen LogP contribution is -2.19. The van der Waals surface area contributed by atoms with Crippen LogP contribution in [0.2, 0.25) is 5.02 Å². The second-order valence-corrected chi connectivity index (χ2v) is 7.46. The molecule has 108 valence electrons. The van der Waals surface area contributed by atoms with E-state index in [1.165, 1.54) is 0 Å². The van der Waals surface area contributed by atoms with Gasteiger partial charge in [0.05, 0.1) is 11.6 Å². The Morgan fingerprint density at radius 3 is 2.58 bits per heavy atom. The van der Waals surface area contributed by atoms with Crippen LogP contribution in [0.1, 0.15) is 27.2 Å². The maximum absolute atomic E-state index is 12.7. The molecule has 0 aromatic heterocycles. The average molecular weight is 306 g/mol. The van der Waals surface area contributed by atoms with Crippen LogP contribution in [0.5, 0.6) is 5.75 Å². The number of rotatable bonds is 7. The molecule has 0 radical (unpaired) electrons. The zero-order valence-electron chi connectivity index (χ0n) is 11.6. The smallest absolute Gasteiger partial charge is 0.242 e. The van der Waals surface area contributed by atoms with Gasteiger partial charge in [-0.3, -0.25) is 4.57 Å². The predicted molar refractivity (Wildman–Crippen MR) is 80.3 cm³/mol. The van der Waals surface area contributed by atoms with Crippen molar-refractivity contribution in [2.24, 2.45) is 0 Å². The van der Waals surface area contributed by atoms with Crippen molar-refractivity contribution in [1.29, 1.82) is 0 Å². The molecule has 0 aliphatic carbocycles. The van der Waals surface area contributed by atoms with Crippen molar-refractivity contribution >= 4 is 24.7 Å². The van der Waals surface area contributed by atoms with Crippen LogP contribution in [0.15, 0.2) is 18.2 Å². The van der Waals surface area contributed by atoms with E-state index in [0.717, 1.165) is 0 Å². The lowest BCUT2D eigenvalue weighted by Gasteiger charge is -2.26. The minimum absolute atomic E-state index is 0.398. The van der Waals surface area contributed by atoms with Crippen LogP contribution in [-0.2, 0) is 9.09 Å². The summed E-state index contributed by atoms with van der Waals surface area (Å²) in [5.74, 6) is -0.0568. The minimum atomic E-state index is -2.83. The molecule has 0 fully saturated rings. The molecule has 0 saturated heterocycles. The Morgan fingerprint density at radius 1 is 1.37 bits per heavy atom. The summed E-state index contributed by atoms with van der Waals surface area (Å²) in [4.78, 5) is 0. The van der Waals surface area contributed by atoms with Gasteiger partial charge >= 0.3 is 0 Å². The molecule has 19 heavy (non-hydrogen) atoms. The van der Waals surface area contributed by atoms with E-state index in [-0.39, 0.29) is 0 Å². The fourth-order valence-electron chi connectivity index (χ4n) is 1.80. The molecular weight excluding hydrogens is 285 g/mol. The van der Waals surface area contributed by atoms with Gasteiger partial charge in [0.2, 0.25) is 7.37 Å². The Morgan fingerprint density at radius 2 is 2.05 bits per heavy atom. The number of halogens is 1. The molecule has 0 heterocycles. The predicted octanol–water partition coefficient (Wildman–Crippen LogP) is 4.37. The highest BCUT2D eigenvalue weighted by molar-refractivity contribution is 7.59. The summed E-state index contributed by atoms with van der Waals surface area (Å²) >= 11 is 6.06. The van der Waals surface area contributed by atoms with Crippen LogP contribution < -0.4 is 10.5 Å². The zero-order valence-corrected chi connectivity index (χ0v) is 13.2. The molecule has 1 rings (SSSR count). The van der Waals surface area contributed by atoms with E-state index in [1.54, 1.807) is 18.2 Å². The van der Waals surface area contributed by atoms with Crippen LogP contribution in [0.4, 0.5) is 5.69 Å². The Hall–Kier alpha value is -0.700. The van der Waals surface area contributed by atoms with E-state index in [4.69, 9.17) is 26.6 Å². The molecule has 1 aromatic carbocycles. The van der Waals surface area contributed by atoms with Crippen molar-refractivity contribution in [2.45, 2.75) is 33.0 Å². The highest BCUT2D eigenvalue weighted by atomic mass is 35.5. The normalized spacial score (nSPS) is 15.8. The van der Waals surface area contributed by atoms with E-state index in [2.05, 4.69) is 0 Å². The standard InChI is InChI=1S/C13H21ClNO3P/c1-4-13(19(16,6-3)17-5-2)18-12-9-10(15)7-8-11(12)14/h7-9,13H,4-6,15H2,1-3H3. The van der Waals surface area contributed by atoms with Crippen LogP contribution >= 0.6 is 19.0 Å². The van der Waals surface area contributed by atoms with E-state index >= 15 is 0 Å². The highest BCUT2D eigenvalue weighted by Gasteiger charge is 2.33. The van der Waals surface area contributed by atoms with Crippen LogP contribution in [-0.4, -0.2) is 18.6 Å². The number of nitrogens with two attached hydrogens (primary N) is 1. The van der Waals surface area contributed by atoms with E-state index in [9.17, 15) is 4.57 Å². The maximum Gasteiger partial charge on any atom is 0.242 e. The van der Waals surface area contributed by atoms with Crippen molar-refractivity contribution in [3.8, 4) is 5.75 Å². The van der Waals surface area contributed by atoms with Gasteiger partial charge in [-0.25, -0.2) is 0 Å². The van der Waals surface area contributed by atoms with E-state index in [0.29, 0.717) is 35.6 Å². The van der Waals surface area contributed by atoms with Gasteiger partial charge < -0.3 is 15.0 Å². The largest absolute Gasteiger partial charge is 0.479 e. The number of anilines is 1. The topological polar surface area (TPSA) is 61.5 Å². The number of nitrogen functional groups attached to an aromatic ring is 1. The van der Waals surface area contributed by atoms with Crippen molar-refractivity contribution in [3.63, 3.8) is 0 Å². The maximum atomic E-state index is 12.7. The second-order valence-electron chi connectivity index (χ2n) is 4.13. The third-order valence-corrected chi connectivity index (χ3v) is 6.03. The average Bonchev–Trinajstić information content (AvgIpc) is 2.39. The molecule has 4 nitrogen and oxygen atoms in total. The number of ether oxygens (including phenoxy) is 1. The van der Waals surface area contributed by atoms with Gasteiger partial charge in [-0.2, -0.15) is 0 Å². The van der Waals surface area contributed by atoms with Crippen molar-refractivity contribution in [1.82, 2.24) is 0 Å². The summed E-state index contributed by atoms with van der Waals surface area (Å²) in [5.41, 5.74) is 6.26. The number of hydrogen-bond acceptors (Lipinski definition) is 4. The van der Waals surface area contributed by atoms with Gasteiger partial charge in [0.25, 0.3) is 0 Å². The summed E-state index contributed by atoms with van der Waals surface area (Å²) in [6, 6.07) is 4.99. The molecule has 0 saturated carbocycles. The molecule has 1 aromatic rings. The SMILES string of the molecule is CCOP(=O)(CC)C(CC)Oc1cc(N)ccc1Cl. The number of benzene rings is 1. The molecular formula is C13H21ClNO3P. The van der Waals surface area contributed by atoms with Crippen molar-refractivity contribution in [3.05, 3.63) is 23.2 Å². The lowest BCUT2D eigenvalue weighted by molar-refractivity contribution is 0.227. The first-order valence-electron chi connectivity index (χ1n) is 6.41. The van der Waals surface area contributed by atoms with Gasteiger partial charge in [0, 0.05) is 17.9 Å². The quantitative estimate of drug-likeness (QED) is 0.600. The molecule has 6 heteroatoms. The second kappa shape index (κ2) is 7.18. The fraction of sp³-hybridized carbons (Fsp3) is 0.538. The van der Waals surface area contributed by atoms with E-state index in [1.807, 2.05) is 20.8 Å². The zero-order chi connectivity index (χ0) is 14.5. The van der Waals surface area contributed by atoms with Gasteiger partial charge in [-0.1, -0.05) is 25.4 Å². The molecule has 2 atom stereocenters. The Kier molecular flexibility index (Phi) is 6.18. The molecule has 2 unspecified atom stereocenters. The Labute approximate surface area is 119 Å². The first-order chi connectivity index (χ1) is 8.96. The highest BCUT2D eigenvalue weighted by Crippen LogP contribution is 2.53. The van der Waals surface area contributed by atoms with Crippen LogP contribution in [0.25, 0.3) is 0 Å². The Balaban J connectivity index is 2.98.